The second-order valence-electron chi connectivity index (χ2n) is 8.24. The summed E-state index contributed by atoms with van der Waals surface area (Å²) in [4.78, 5) is 28.4. The zero-order valence-electron chi connectivity index (χ0n) is 17.6. The van der Waals surface area contributed by atoms with E-state index in [4.69, 9.17) is 4.74 Å². The fourth-order valence-corrected chi connectivity index (χ4v) is 3.93. The van der Waals surface area contributed by atoms with Gasteiger partial charge < -0.3 is 4.74 Å². The summed E-state index contributed by atoms with van der Waals surface area (Å²) in [6, 6.07) is 14.1. The van der Waals surface area contributed by atoms with Gasteiger partial charge >= 0.3 is 6.18 Å². The van der Waals surface area contributed by atoms with Gasteiger partial charge in [0.15, 0.2) is 5.76 Å². The molecule has 1 saturated carbocycles. The van der Waals surface area contributed by atoms with E-state index in [-0.39, 0.29) is 28.9 Å². The number of Topliss-reactive ketones (excluding diaryl/α,β-unsaturated/α-hetero) is 1. The highest BCUT2D eigenvalue weighted by Gasteiger charge is 2.42. The Hall–Kier alpha value is -4.01. The minimum atomic E-state index is -4.55. The van der Waals surface area contributed by atoms with Gasteiger partial charge in [0, 0.05) is 12.1 Å². The van der Waals surface area contributed by atoms with Crippen LogP contribution in [0.2, 0.25) is 0 Å². The Kier molecular flexibility index (Phi) is 5.19. The van der Waals surface area contributed by atoms with E-state index in [9.17, 15) is 28.1 Å². The fourth-order valence-electron chi connectivity index (χ4n) is 3.93. The van der Waals surface area contributed by atoms with Crippen molar-refractivity contribution in [2.24, 2.45) is 4.99 Å². The number of nitro groups is 1. The minimum Gasteiger partial charge on any atom is -0.438 e. The number of nitro benzene ring substituents is 1. The van der Waals surface area contributed by atoms with Crippen LogP contribution < -0.4 is 0 Å². The summed E-state index contributed by atoms with van der Waals surface area (Å²) in [6.07, 6.45) is -1.38. The molecule has 1 aliphatic carbocycles. The molecule has 34 heavy (non-hydrogen) atoms. The van der Waals surface area contributed by atoms with E-state index < -0.39 is 28.4 Å². The maximum absolute atomic E-state index is 13.3. The van der Waals surface area contributed by atoms with Crippen LogP contribution in [-0.2, 0) is 15.7 Å². The van der Waals surface area contributed by atoms with E-state index in [1.54, 1.807) is 24.3 Å². The number of alkyl halides is 3. The molecule has 0 amide bonds. The molecule has 0 radical (unpaired) electrons. The van der Waals surface area contributed by atoms with E-state index in [2.05, 4.69) is 4.99 Å². The van der Waals surface area contributed by atoms with Crippen LogP contribution in [0.15, 0.2) is 71.4 Å². The Morgan fingerprint density at radius 1 is 1.06 bits per heavy atom. The number of non-ortho nitro benzene ring substituents is 1. The second kappa shape index (κ2) is 8.09. The van der Waals surface area contributed by atoms with Gasteiger partial charge in [-0.3, -0.25) is 19.9 Å². The number of hydrogen-bond donors (Lipinski definition) is 0. The van der Waals surface area contributed by atoms with E-state index in [0.717, 1.165) is 25.0 Å². The first-order valence-corrected chi connectivity index (χ1v) is 10.6. The predicted molar refractivity (Wildman–Crippen MR) is 119 cm³/mol. The van der Waals surface area contributed by atoms with E-state index in [1.165, 1.54) is 30.3 Å². The number of ketones is 1. The molecule has 1 heterocycles. The molecule has 1 unspecified atom stereocenters. The summed E-state index contributed by atoms with van der Waals surface area (Å²) in [7, 11) is 0. The molecular formula is C25H17F3N2O4. The molecular weight excluding hydrogens is 449 g/mol. The number of ether oxygens (including phenoxy) is 1. The molecule has 2 aliphatic rings. The number of hydrogen-bond acceptors (Lipinski definition) is 5. The van der Waals surface area contributed by atoms with Crippen LogP contribution in [-0.4, -0.2) is 22.6 Å². The molecule has 0 N–H and O–H groups in total. The zero-order valence-corrected chi connectivity index (χ0v) is 17.6. The molecule has 1 atom stereocenters. The van der Waals surface area contributed by atoms with Crippen molar-refractivity contribution in [3.8, 4) is 0 Å². The summed E-state index contributed by atoms with van der Waals surface area (Å²) in [5, 5.41) is 12.4. The molecule has 3 aromatic rings. The molecule has 6 nitrogen and oxygen atoms in total. The second-order valence-corrected chi connectivity index (χ2v) is 8.24. The first-order valence-electron chi connectivity index (χ1n) is 10.6. The van der Waals surface area contributed by atoms with Crippen molar-refractivity contribution < 1.29 is 27.6 Å². The number of carbonyl (C=O) groups excluding carboxylic acids is 1. The van der Waals surface area contributed by atoms with Crippen LogP contribution >= 0.6 is 0 Å². The Balaban J connectivity index is 1.57. The lowest BCUT2D eigenvalue weighted by Crippen LogP contribution is -2.15. The van der Waals surface area contributed by atoms with Crippen molar-refractivity contribution >= 4 is 34.2 Å². The third-order valence-corrected chi connectivity index (χ3v) is 5.77. The number of nitrogens with zero attached hydrogens (tertiary/aromatic N) is 2. The Morgan fingerprint density at radius 2 is 1.82 bits per heavy atom. The largest absolute Gasteiger partial charge is 0.438 e. The summed E-state index contributed by atoms with van der Waals surface area (Å²) < 4.78 is 45.6. The average Bonchev–Trinajstić information content (AvgIpc) is 3.56. The molecule has 0 spiro atoms. The lowest BCUT2D eigenvalue weighted by molar-refractivity contribution is -0.384. The topological polar surface area (TPSA) is 81.8 Å². The lowest BCUT2D eigenvalue weighted by Gasteiger charge is -2.11. The van der Waals surface area contributed by atoms with E-state index in [1.807, 2.05) is 0 Å². The number of rotatable bonds is 4. The number of benzene rings is 3. The van der Waals surface area contributed by atoms with Gasteiger partial charge in [-0.05, 0) is 52.9 Å². The van der Waals surface area contributed by atoms with Crippen LogP contribution in [0.4, 0.5) is 18.9 Å². The summed E-state index contributed by atoms with van der Waals surface area (Å²) >= 11 is 0. The summed E-state index contributed by atoms with van der Waals surface area (Å²) in [5.41, 5.74) is -0.159. The van der Waals surface area contributed by atoms with Crippen molar-refractivity contribution in [2.45, 2.75) is 31.0 Å². The summed E-state index contributed by atoms with van der Waals surface area (Å²) in [6.45, 7) is 0. The number of allylic oxidation sites excluding steroid dienone is 1. The van der Waals surface area contributed by atoms with Gasteiger partial charge in [-0.1, -0.05) is 36.4 Å². The molecule has 5 rings (SSSR count). The Labute approximate surface area is 191 Å². The number of carbonyl (C=O) groups is 1. The van der Waals surface area contributed by atoms with Gasteiger partial charge in [0.1, 0.15) is 5.92 Å². The maximum Gasteiger partial charge on any atom is 0.416 e. The normalized spacial score (nSPS) is 20.8. The highest BCUT2D eigenvalue weighted by Crippen LogP contribution is 2.38. The van der Waals surface area contributed by atoms with Gasteiger partial charge in [-0.2, -0.15) is 13.2 Å². The first kappa shape index (κ1) is 21.8. The van der Waals surface area contributed by atoms with Crippen LogP contribution in [0.1, 0.15) is 35.4 Å². The van der Waals surface area contributed by atoms with Crippen LogP contribution in [0.3, 0.4) is 0 Å². The van der Waals surface area contributed by atoms with Gasteiger partial charge in [-0.25, -0.2) is 0 Å². The maximum atomic E-state index is 13.3. The SMILES string of the molecule is O=C1C(=Cc2cccc3cc([N+](=O)[O-])ccc23)OC(=NC2CC2)C1c1cccc(C(F)(F)F)c1. The Morgan fingerprint density at radius 3 is 2.53 bits per heavy atom. The predicted octanol–water partition coefficient (Wildman–Crippen LogP) is 6.05. The van der Waals surface area contributed by atoms with Crippen LogP contribution in [0.25, 0.3) is 16.8 Å². The first-order chi connectivity index (χ1) is 16.2. The molecule has 2 fully saturated rings. The highest BCUT2D eigenvalue weighted by molar-refractivity contribution is 6.21. The third-order valence-electron chi connectivity index (χ3n) is 5.77. The van der Waals surface area contributed by atoms with Crippen molar-refractivity contribution in [3.05, 3.63) is 93.2 Å². The number of halogens is 3. The van der Waals surface area contributed by atoms with Crippen molar-refractivity contribution in [2.75, 3.05) is 0 Å². The van der Waals surface area contributed by atoms with E-state index >= 15 is 0 Å². The molecule has 172 valence electrons. The van der Waals surface area contributed by atoms with Crippen molar-refractivity contribution in [3.63, 3.8) is 0 Å². The number of aliphatic imine (C=N–C) groups is 1. The molecule has 0 bridgehead atoms. The molecule has 0 aromatic heterocycles. The number of fused-ring (bicyclic) bond motifs is 1. The van der Waals surface area contributed by atoms with Crippen LogP contribution in [0.5, 0.6) is 0 Å². The highest BCUT2D eigenvalue weighted by atomic mass is 19.4. The fraction of sp³-hybridized carbons (Fsp3) is 0.200. The summed E-state index contributed by atoms with van der Waals surface area (Å²) in [5.74, 6) is -1.50. The quantitative estimate of drug-likeness (QED) is 0.266. The monoisotopic (exact) mass is 466 g/mol. The molecule has 3 aromatic carbocycles. The standard InChI is InChI=1S/C25H17F3N2O4/c26-25(27,28)17-6-2-5-16(11-17)22-23(31)21(34-24(22)29-18-7-8-18)13-15-4-1-3-14-12-19(30(32)33)9-10-20(14)15/h1-6,9-13,18,22H,7-8H2. The van der Waals surface area contributed by atoms with Crippen molar-refractivity contribution in [1.29, 1.82) is 0 Å². The third kappa shape index (κ3) is 4.16. The average molecular weight is 466 g/mol. The minimum absolute atomic E-state index is 0.00597. The smallest absolute Gasteiger partial charge is 0.416 e. The van der Waals surface area contributed by atoms with Gasteiger partial charge in [0.25, 0.3) is 5.69 Å². The van der Waals surface area contributed by atoms with Crippen LogP contribution in [0, 0.1) is 10.1 Å². The van der Waals surface area contributed by atoms with Gasteiger partial charge in [0.05, 0.1) is 16.5 Å². The van der Waals surface area contributed by atoms with Gasteiger partial charge in [0.2, 0.25) is 11.7 Å². The van der Waals surface area contributed by atoms with E-state index in [0.29, 0.717) is 16.3 Å². The Bertz CT molecular complexity index is 1390. The molecule has 1 saturated heterocycles. The van der Waals surface area contributed by atoms with Gasteiger partial charge in [-0.15, -0.1) is 0 Å². The molecule has 9 heteroatoms. The lowest BCUT2D eigenvalue weighted by atomic mass is 9.93. The zero-order chi connectivity index (χ0) is 24.0. The molecule has 1 aliphatic heterocycles. The van der Waals surface area contributed by atoms with Crippen molar-refractivity contribution in [1.82, 2.24) is 0 Å².